The topological polar surface area (TPSA) is 76.4 Å². The van der Waals surface area contributed by atoms with Crippen molar-refractivity contribution >= 4 is 11.7 Å². The molecular formula is C15H25N3O2. The van der Waals surface area contributed by atoms with Crippen molar-refractivity contribution in [3.63, 3.8) is 0 Å². The van der Waals surface area contributed by atoms with Crippen molar-refractivity contribution in [3.8, 4) is 5.75 Å². The molecule has 0 heterocycles. The van der Waals surface area contributed by atoms with Crippen LogP contribution in [-0.4, -0.2) is 26.2 Å². The Labute approximate surface area is 120 Å². The molecule has 5 heteroatoms. The average molecular weight is 279 g/mol. The fourth-order valence-corrected chi connectivity index (χ4v) is 1.84. The molecule has 0 saturated heterocycles. The van der Waals surface area contributed by atoms with E-state index in [-0.39, 0.29) is 11.4 Å². The van der Waals surface area contributed by atoms with Crippen LogP contribution in [0.4, 0.5) is 10.5 Å². The van der Waals surface area contributed by atoms with Crippen molar-refractivity contribution in [1.29, 1.82) is 0 Å². The molecule has 20 heavy (non-hydrogen) atoms. The van der Waals surface area contributed by atoms with Gasteiger partial charge in [0.1, 0.15) is 5.75 Å². The molecule has 0 spiro atoms. The summed E-state index contributed by atoms with van der Waals surface area (Å²) >= 11 is 0. The van der Waals surface area contributed by atoms with E-state index in [1.807, 2.05) is 0 Å². The first-order valence-electron chi connectivity index (χ1n) is 6.86. The number of urea groups is 1. The molecule has 0 bridgehead atoms. The Morgan fingerprint density at radius 3 is 2.50 bits per heavy atom. The van der Waals surface area contributed by atoms with Crippen LogP contribution in [0.25, 0.3) is 0 Å². The lowest BCUT2D eigenvalue weighted by molar-refractivity contribution is 0.242. The highest BCUT2D eigenvalue weighted by Crippen LogP contribution is 2.20. The number of benzene rings is 1. The SMILES string of the molecule is COc1ccc(NC(=O)NCC(C)(C)CCCN)cc1. The molecule has 112 valence electrons. The number of anilines is 1. The first-order chi connectivity index (χ1) is 9.46. The molecule has 0 saturated carbocycles. The van der Waals surface area contributed by atoms with Crippen molar-refractivity contribution in [2.75, 3.05) is 25.5 Å². The van der Waals surface area contributed by atoms with E-state index in [2.05, 4.69) is 24.5 Å². The summed E-state index contributed by atoms with van der Waals surface area (Å²) in [5, 5.41) is 5.68. The van der Waals surface area contributed by atoms with Crippen molar-refractivity contribution in [1.82, 2.24) is 5.32 Å². The van der Waals surface area contributed by atoms with Gasteiger partial charge in [0.25, 0.3) is 0 Å². The number of carbonyl (C=O) groups excluding carboxylic acids is 1. The fraction of sp³-hybridized carbons (Fsp3) is 0.533. The van der Waals surface area contributed by atoms with Gasteiger partial charge in [-0.05, 0) is 49.1 Å². The summed E-state index contributed by atoms with van der Waals surface area (Å²) in [5.74, 6) is 0.763. The zero-order valence-corrected chi connectivity index (χ0v) is 12.5. The van der Waals surface area contributed by atoms with E-state index < -0.39 is 0 Å². The van der Waals surface area contributed by atoms with E-state index in [1.165, 1.54) is 0 Å². The highest BCUT2D eigenvalue weighted by atomic mass is 16.5. The molecule has 0 aromatic heterocycles. The second kappa shape index (κ2) is 7.75. The second-order valence-corrected chi connectivity index (χ2v) is 5.59. The number of amides is 2. The Balaban J connectivity index is 2.39. The molecule has 0 fully saturated rings. The van der Waals surface area contributed by atoms with Gasteiger partial charge in [-0.25, -0.2) is 4.79 Å². The Kier molecular flexibility index (Phi) is 6.31. The van der Waals surface area contributed by atoms with Crippen LogP contribution in [0, 0.1) is 5.41 Å². The number of hydrogen-bond acceptors (Lipinski definition) is 3. The first kappa shape index (κ1) is 16.3. The van der Waals surface area contributed by atoms with Gasteiger partial charge in [0, 0.05) is 12.2 Å². The van der Waals surface area contributed by atoms with E-state index >= 15 is 0 Å². The number of rotatable bonds is 7. The van der Waals surface area contributed by atoms with E-state index in [0.29, 0.717) is 13.1 Å². The molecule has 0 radical (unpaired) electrons. The number of hydrogen-bond donors (Lipinski definition) is 3. The summed E-state index contributed by atoms with van der Waals surface area (Å²) in [6.45, 7) is 5.54. The molecule has 1 aromatic carbocycles. The number of carbonyl (C=O) groups is 1. The fourth-order valence-electron chi connectivity index (χ4n) is 1.84. The van der Waals surface area contributed by atoms with E-state index in [1.54, 1.807) is 31.4 Å². The third kappa shape index (κ3) is 5.93. The van der Waals surface area contributed by atoms with Crippen LogP contribution < -0.4 is 21.1 Å². The summed E-state index contributed by atoms with van der Waals surface area (Å²) in [7, 11) is 1.61. The van der Waals surface area contributed by atoms with Gasteiger partial charge in [-0.1, -0.05) is 13.8 Å². The lowest BCUT2D eigenvalue weighted by atomic mass is 9.88. The summed E-state index contributed by atoms with van der Waals surface area (Å²) in [4.78, 5) is 11.8. The van der Waals surface area contributed by atoms with Crippen LogP contribution in [-0.2, 0) is 0 Å². The van der Waals surface area contributed by atoms with Crippen LogP contribution in [0.2, 0.25) is 0 Å². The molecule has 1 rings (SSSR count). The second-order valence-electron chi connectivity index (χ2n) is 5.59. The predicted molar refractivity (Wildman–Crippen MR) is 82.1 cm³/mol. The van der Waals surface area contributed by atoms with E-state index in [4.69, 9.17) is 10.5 Å². The van der Waals surface area contributed by atoms with Crippen LogP contribution in [0.15, 0.2) is 24.3 Å². The smallest absolute Gasteiger partial charge is 0.319 e. The third-order valence-electron chi connectivity index (χ3n) is 3.13. The number of methoxy groups -OCH3 is 1. The minimum absolute atomic E-state index is 0.0522. The first-order valence-corrected chi connectivity index (χ1v) is 6.86. The normalized spacial score (nSPS) is 11.0. The molecule has 1 aromatic rings. The molecule has 4 N–H and O–H groups in total. The largest absolute Gasteiger partial charge is 0.497 e. The lowest BCUT2D eigenvalue weighted by Crippen LogP contribution is -2.37. The van der Waals surface area contributed by atoms with Gasteiger partial charge in [0.05, 0.1) is 7.11 Å². The molecule has 0 atom stereocenters. The maximum Gasteiger partial charge on any atom is 0.319 e. The Bertz CT molecular complexity index is 416. The summed E-state index contributed by atoms with van der Waals surface area (Å²) in [6.07, 6.45) is 1.96. The van der Waals surface area contributed by atoms with Gasteiger partial charge < -0.3 is 21.1 Å². The van der Waals surface area contributed by atoms with Crippen LogP contribution in [0.3, 0.4) is 0 Å². The summed E-state index contributed by atoms with van der Waals surface area (Å²) in [6, 6.07) is 7.02. The van der Waals surface area contributed by atoms with Crippen molar-refractivity contribution in [2.45, 2.75) is 26.7 Å². The summed E-state index contributed by atoms with van der Waals surface area (Å²) in [5.41, 5.74) is 6.30. The minimum Gasteiger partial charge on any atom is -0.497 e. The van der Waals surface area contributed by atoms with Crippen molar-refractivity contribution in [2.24, 2.45) is 11.1 Å². The third-order valence-corrected chi connectivity index (χ3v) is 3.13. The lowest BCUT2D eigenvalue weighted by Gasteiger charge is -2.24. The van der Waals surface area contributed by atoms with Crippen molar-refractivity contribution in [3.05, 3.63) is 24.3 Å². The molecule has 0 unspecified atom stereocenters. The maximum atomic E-state index is 11.8. The molecular weight excluding hydrogens is 254 g/mol. The molecule has 5 nitrogen and oxygen atoms in total. The van der Waals surface area contributed by atoms with Gasteiger partial charge in [-0.15, -0.1) is 0 Å². The van der Waals surface area contributed by atoms with Gasteiger partial charge in [-0.3, -0.25) is 0 Å². The van der Waals surface area contributed by atoms with Crippen LogP contribution >= 0.6 is 0 Å². The van der Waals surface area contributed by atoms with Crippen LogP contribution in [0.1, 0.15) is 26.7 Å². The van der Waals surface area contributed by atoms with Gasteiger partial charge >= 0.3 is 6.03 Å². The minimum atomic E-state index is -0.198. The standard InChI is InChI=1S/C15H25N3O2/c1-15(2,9-4-10-16)11-17-14(19)18-12-5-7-13(20-3)8-6-12/h5-8H,4,9-11,16H2,1-3H3,(H2,17,18,19). The number of nitrogens with one attached hydrogen (secondary N) is 2. The highest BCUT2D eigenvalue weighted by Gasteiger charge is 2.18. The number of ether oxygens (including phenoxy) is 1. The Morgan fingerprint density at radius 1 is 1.30 bits per heavy atom. The monoisotopic (exact) mass is 279 g/mol. The van der Waals surface area contributed by atoms with Crippen LogP contribution in [0.5, 0.6) is 5.75 Å². The Morgan fingerprint density at radius 2 is 1.95 bits per heavy atom. The maximum absolute atomic E-state index is 11.8. The molecule has 0 aliphatic heterocycles. The average Bonchev–Trinajstić information content (AvgIpc) is 2.44. The molecule has 0 aliphatic carbocycles. The predicted octanol–water partition coefficient (Wildman–Crippen LogP) is 2.58. The Hall–Kier alpha value is -1.75. The molecule has 0 aliphatic rings. The number of nitrogens with two attached hydrogens (primary N) is 1. The van der Waals surface area contributed by atoms with E-state index in [0.717, 1.165) is 24.3 Å². The van der Waals surface area contributed by atoms with Crippen molar-refractivity contribution < 1.29 is 9.53 Å². The van der Waals surface area contributed by atoms with Gasteiger partial charge in [0.2, 0.25) is 0 Å². The van der Waals surface area contributed by atoms with Gasteiger partial charge in [0.15, 0.2) is 0 Å². The summed E-state index contributed by atoms with van der Waals surface area (Å²) < 4.78 is 5.07. The van der Waals surface area contributed by atoms with Gasteiger partial charge in [-0.2, -0.15) is 0 Å². The zero-order chi connectivity index (χ0) is 15.0. The zero-order valence-electron chi connectivity index (χ0n) is 12.5. The highest BCUT2D eigenvalue weighted by molar-refractivity contribution is 5.89. The quantitative estimate of drug-likeness (QED) is 0.718. The van der Waals surface area contributed by atoms with E-state index in [9.17, 15) is 4.79 Å². The molecule has 2 amide bonds.